The second-order valence-corrected chi connectivity index (χ2v) is 17.1. The maximum atomic E-state index is 2.47. The number of fused-ring (bicyclic) bond motifs is 7. The van der Waals surface area contributed by atoms with E-state index < -0.39 is 5.41 Å². The molecule has 0 atom stereocenters. The van der Waals surface area contributed by atoms with Crippen LogP contribution in [0.3, 0.4) is 0 Å². The Balaban J connectivity index is 1.11. The van der Waals surface area contributed by atoms with Crippen LogP contribution >= 0.6 is 11.3 Å². The summed E-state index contributed by atoms with van der Waals surface area (Å²) in [6, 6.07) is 87.4. The summed E-state index contributed by atoms with van der Waals surface area (Å²) >= 11 is 1.88. The van der Waals surface area contributed by atoms with E-state index in [1.807, 2.05) is 11.3 Å². The highest BCUT2D eigenvalue weighted by molar-refractivity contribution is 7.26. The number of hydrogen-bond acceptors (Lipinski definition) is 2. The number of thiophene rings is 1. The zero-order chi connectivity index (χ0) is 40.3. The molecule has 0 saturated heterocycles. The minimum absolute atomic E-state index is 0.514. The van der Waals surface area contributed by atoms with Gasteiger partial charge in [0.1, 0.15) is 0 Å². The Morgan fingerprint density at radius 2 is 0.852 bits per heavy atom. The van der Waals surface area contributed by atoms with Crippen molar-refractivity contribution in [3.63, 3.8) is 0 Å². The molecule has 0 aliphatic heterocycles. The van der Waals surface area contributed by atoms with Crippen LogP contribution in [0.4, 0.5) is 17.1 Å². The lowest BCUT2D eigenvalue weighted by atomic mass is 9.67. The standard InChI is InChI=1S/C59H39NS/c1-3-21-43(22-4-1)59(44-23-5-2-6-24-44)55-33-11-9-28-51(55)52-36-35-47(39-56(52)59)60(45-25-13-19-41(37-45)49-30-15-18-40-17-7-8-27-48(40)49)46-26-14-20-42(38-46)50-31-16-32-54-53-29-10-12-34-57(53)61-58(50)54/h1-39H. The molecule has 1 aliphatic rings. The van der Waals surface area contributed by atoms with Crippen LogP contribution in [0.25, 0.3) is 64.3 Å². The minimum atomic E-state index is -0.514. The number of anilines is 3. The molecule has 11 aromatic rings. The monoisotopic (exact) mass is 793 g/mol. The molecule has 0 spiro atoms. The van der Waals surface area contributed by atoms with Gasteiger partial charge in [0.05, 0.1) is 5.41 Å². The maximum Gasteiger partial charge on any atom is 0.0714 e. The van der Waals surface area contributed by atoms with Gasteiger partial charge in [-0.2, -0.15) is 0 Å². The van der Waals surface area contributed by atoms with E-state index in [1.165, 1.54) is 86.6 Å². The first-order valence-electron chi connectivity index (χ1n) is 21.0. The Bertz CT molecular complexity index is 3390. The van der Waals surface area contributed by atoms with E-state index in [0.29, 0.717) is 0 Å². The molecule has 0 radical (unpaired) electrons. The molecule has 0 N–H and O–H groups in total. The van der Waals surface area contributed by atoms with Gasteiger partial charge < -0.3 is 4.90 Å². The van der Waals surface area contributed by atoms with Crippen LogP contribution in [0.15, 0.2) is 237 Å². The average molecular weight is 794 g/mol. The van der Waals surface area contributed by atoms with Crippen molar-refractivity contribution < 1.29 is 0 Å². The summed E-state index contributed by atoms with van der Waals surface area (Å²) in [5, 5.41) is 5.10. The molecule has 0 bridgehead atoms. The van der Waals surface area contributed by atoms with Crippen molar-refractivity contribution in [2.45, 2.75) is 5.41 Å². The van der Waals surface area contributed by atoms with Gasteiger partial charge in [0.2, 0.25) is 0 Å². The second-order valence-electron chi connectivity index (χ2n) is 16.0. The normalized spacial score (nSPS) is 12.7. The van der Waals surface area contributed by atoms with Crippen molar-refractivity contribution in [1.29, 1.82) is 0 Å². The lowest BCUT2D eigenvalue weighted by Gasteiger charge is -2.35. The van der Waals surface area contributed by atoms with E-state index in [2.05, 4.69) is 241 Å². The summed E-state index contributed by atoms with van der Waals surface area (Å²) in [6.07, 6.45) is 0. The minimum Gasteiger partial charge on any atom is -0.310 e. The summed E-state index contributed by atoms with van der Waals surface area (Å²) in [5.74, 6) is 0. The lowest BCUT2D eigenvalue weighted by molar-refractivity contribution is 0.768. The fourth-order valence-corrected chi connectivity index (χ4v) is 11.3. The predicted molar refractivity (Wildman–Crippen MR) is 260 cm³/mol. The molecule has 0 amide bonds. The molecule has 286 valence electrons. The smallest absolute Gasteiger partial charge is 0.0714 e. The van der Waals surface area contributed by atoms with Crippen LogP contribution < -0.4 is 4.90 Å². The zero-order valence-corrected chi connectivity index (χ0v) is 34.2. The molecule has 1 heterocycles. The van der Waals surface area contributed by atoms with E-state index in [0.717, 1.165) is 17.1 Å². The molecule has 61 heavy (non-hydrogen) atoms. The van der Waals surface area contributed by atoms with Crippen molar-refractivity contribution >= 4 is 59.3 Å². The molecular formula is C59H39NS. The van der Waals surface area contributed by atoms with E-state index in [1.54, 1.807) is 0 Å². The van der Waals surface area contributed by atoms with E-state index >= 15 is 0 Å². The highest BCUT2D eigenvalue weighted by Gasteiger charge is 2.46. The van der Waals surface area contributed by atoms with Gasteiger partial charge in [-0.1, -0.05) is 194 Å². The molecule has 12 rings (SSSR count). The highest BCUT2D eigenvalue weighted by atomic mass is 32.1. The largest absolute Gasteiger partial charge is 0.310 e. The molecule has 0 fully saturated rings. The van der Waals surface area contributed by atoms with Crippen LogP contribution in [-0.4, -0.2) is 0 Å². The number of hydrogen-bond donors (Lipinski definition) is 0. The summed E-state index contributed by atoms with van der Waals surface area (Å²) in [4.78, 5) is 2.47. The summed E-state index contributed by atoms with van der Waals surface area (Å²) in [5.41, 5.74) is 15.3. The molecule has 2 heteroatoms. The molecular weight excluding hydrogens is 755 g/mol. The Morgan fingerprint density at radius 1 is 0.328 bits per heavy atom. The van der Waals surface area contributed by atoms with Crippen LogP contribution in [0.2, 0.25) is 0 Å². The van der Waals surface area contributed by atoms with E-state index in [9.17, 15) is 0 Å². The van der Waals surface area contributed by atoms with E-state index in [4.69, 9.17) is 0 Å². The van der Waals surface area contributed by atoms with Crippen LogP contribution in [-0.2, 0) is 5.41 Å². The third-order valence-electron chi connectivity index (χ3n) is 12.7. The van der Waals surface area contributed by atoms with Gasteiger partial charge in [-0.15, -0.1) is 11.3 Å². The zero-order valence-electron chi connectivity index (χ0n) is 33.4. The van der Waals surface area contributed by atoms with Gasteiger partial charge in [-0.25, -0.2) is 0 Å². The summed E-state index contributed by atoms with van der Waals surface area (Å²) in [7, 11) is 0. The van der Waals surface area contributed by atoms with Crippen molar-refractivity contribution in [3.8, 4) is 33.4 Å². The Hall–Kier alpha value is -7.52. The quantitative estimate of drug-likeness (QED) is 0.155. The number of benzene rings is 10. The molecule has 0 saturated carbocycles. The number of rotatable bonds is 7. The fraction of sp³-hybridized carbons (Fsp3) is 0.0169. The first kappa shape index (κ1) is 35.4. The first-order chi connectivity index (χ1) is 30.3. The topological polar surface area (TPSA) is 3.24 Å². The molecule has 1 aliphatic carbocycles. The summed E-state index contributed by atoms with van der Waals surface area (Å²) in [6.45, 7) is 0. The molecule has 10 aromatic carbocycles. The Labute approximate surface area is 360 Å². The van der Waals surface area contributed by atoms with Gasteiger partial charge in [-0.05, 0) is 109 Å². The van der Waals surface area contributed by atoms with Gasteiger partial charge in [0, 0.05) is 37.2 Å². The van der Waals surface area contributed by atoms with Crippen molar-refractivity contribution in [3.05, 3.63) is 259 Å². The van der Waals surface area contributed by atoms with Crippen molar-refractivity contribution in [1.82, 2.24) is 0 Å². The molecule has 0 unspecified atom stereocenters. The van der Waals surface area contributed by atoms with Gasteiger partial charge in [-0.3, -0.25) is 0 Å². The fourth-order valence-electron chi connectivity index (χ4n) is 10.1. The van der Waals surface area contributed by atoms with Gasteiger partial charge >= 0.3 is 0 Å². The van der Waals surface area contributed by atoms with Crippen molar-refractivity contribution in [2.24, 2.45) is 0 Å². The highest BCUT2D eigenvalue weighted by Crippen LogP contribution is 2.57. The van der Waals surface area contributed by atoms with Crippen LogP contribution in [0, 0.1) is 0 Å². The number of nitrogens with zero attached hydrogens (tertiary/aromatic N) is 1. The van der Waals surface area contributed by atoms with Crippen LogP contribution in [0.5, 0.6) is 0 Å². The van der Waals surface area contributed by atoms with Crippen LogP contribution in [0.1, 0.15) is 22.3 Å². The SMILES string of the molecule is c1ccc(C2(c3ccccc3)c3ccccc3-c3ccc(N(c4cccc(-c5cccc6ccccc56)c4)c4cccc(-c5cccc6c5sc5ccccc56)c4)cc32)cc1. The molecule has 1 nitrogen and oxygen atoms in total. The Morgan fingerprint density at radius 3 is 1.62 bits per heavy atom. The first-order valence-corrected chi connectivity index (χ1v) is 21.8. The third-order valence-corrected chi connectivity index (χ3v) is 13.9. The van der Waals surface area contributed by atoms with Gasteiger partial charge in [0.15, 0.2) is 0 Å². The molecule has 1 aromatic heterocycles. The lowest BCUT2D eigenvalue weighted by Crippen LogP contribution is -2.28. The maximum absolute atomic E-state index is 2.47. The third kappa shape index (κ3) is 5.60. The summed E-state index contributed by atoms with van der Waals surface area (Å²) < 4.78 is 2.63. The average Bonchev–Trinajstić information content (AvgIpc) is 3.86. The van der Waals surface area contributed by atoms with E-state index in [-0.39, 0.29) is 0 Å². The predicted octanol–water partition coefficient (Wildman–Crippen LogP) is 16.4. The second kappa shape index (κ2) is 14.3. The Kier molecular flexibility index (Phi) is 8.33. The van der Waals surface area contributed by atoms with Gasteiger partial charge in [0.25, 0.3) is 0 Å². The van der Waals surface area contributed by atoms with Crippen molar-refractivity contribution in [2.75, 3.05) is 4.90 Å².